The number of aliphatic carboxylic acids is 2. The van der Waals surface area contributed by atoms with E-state index in [1.807, 2.05) is 35.2 Å². The number of quaternary nitrogens is 2. The number of rotatable bonds is 9. The summed E-state index contributed by atoms with van der Waals surface area (Å²) < 4.78 is 1.03. The van der Waals surface area contributed by atoms with Gasteiger partial charge < -0.3 is 19.2 Å². The number of likely N-dealkylation sites (N-methyl/N-ethyl adjacent to an activating group) is 1. The molecule has 0 aromatic carbocycles. The molecule has 0 heterocycles. The molecule has 0 aliphatic rings. The first-order valence-corrected chi connectivity index (χ1v) is 7.41. The summed E-state index contributed by atoms with van der Waals surface area (Å²) in [5.74, 6) is -1.50. The van der Waals surface area contributed by atoms with Crippen molar-refractivity contribution in [1.29, 1.82) is 0 Å². The van der Waals surface area contributed by atoms with Crippen LogP contribution in [0.25, 0.3) is 0 Å². The van der Waals surface area contributed by atoms with E-state index in [0.717, 1.165) is 0 Å². The van der Waals surface area contributed by atoms with Crippen LogP contribution < -0.4 is 0 Å². The molecular formula is C16H32N2O5+2. The van der Waals surface area contributed by atoms with Gasteiger partial charge in [-0.1, -0.05) is 6.58 Å². The van der Waals surface area contributed by atoms with Gasteiger partial charge in [-0.3, -0.25) is 9.59 Å². The van der Waals surface area contributed by atoms with Crippen LogP contribution >= 0.6 is 0 Å². The Morgan fingerprint density at radius 1 is 0.870 bits per heavy atom. The third-order valence-electron chi connectivity index (χ3n) is 2.96. The van der Waals surface area contributed by atoms with Crippen LogP contribution in [0.2, 0.25) is 0 Å². The fourth-order valence-electron chi connectivity index (χ4n) is 1.53. The van der Waals surface area contributed by atoms with E-state index >= 15 is 0 Å². The normalized spacial score (nSPS) is 11.2. The highest BCUT2D eigenvalue weighted by molar-refractivity contribution is 5.94. The van der Waals surface area contributed by atoms with E-state index < -0.39 is 11.9 Å². The van der Waals surface area contributed by atoms with Crippen LogP contribution in [0.3, 0.4) is 0 Å². The second-order valence-corrected chi connectivity index (χ2v) is 7.32. The van der Waals surface area contributed by atoms with Gasteiger partial charge in [0.1, 0.15) is 0 Å². The lowest BCUT2D eigenvalue weighted by molar-refractivity contribution is -0.889. The molecule has 0 radical (unpaired) electrons. The Labute approximate surface area is 139 Å². The lowest BCUT2D eigenvalue weighted by Gasteiger charge is -2.28. The first-order valence-electron chi connectivity index (χ1n) is 7.41. The van der Waals surface area contributed by atoms with Crippen molar-refractivity contribution in [3.63, 3.8) is 0 Å². The molecule has 0 saturated carbocycles. The van der Waals surface area contributed by atoms with Gasteiger partial charge in [0.15, 0.2) is 12.3 Å². The Morgan fingerprint density at radius 2 is 1.30 bits per heavy atom. The minimum atomic E-state index is -0.799. The molecule has 0 unspecified atom stereocenters. The summed E-state index contributed by atoms with van der Waals surface area (Å²) in [4.78, 5) is 31.7. The average Bonchev–Trinajstić information content (AvgIpc) is 2.31. The van der Waals surface area contributed by atoms with Crippen molar-refractivity contribution in [3.05, 3.63) is 12.2 Å². The van der Waals surface area contributed by atoms with Crippen molar-refractivity contribution < 1.29 is 33.6 Å². The summed E-state index contributed by atoms with van der Waals surface area (Å²) in [6.07, 6.45) is 0.566. The zero-order valence-electron chi connectivity index (χ0n) is 15.3. The lowest BCUT2D eigenvalue weighted by Crippen LogP contribution is -2.42. The lowest BCUT2D eigenvalue weighted by atomic mass is 10.1. The summed E-state index contributed by atoms with van der Waals surface area (Å²) in [5.41, 5.74) is 0.563. The van der Waals surface area contributed by atoms with Gasteiger partial charge in [0.05, 0.1) is 61.2 Å². The van der Waals surface area contributed by atoms with Crippen LogP contribution in [-0.4, -0.2) is 91.8 Å². The van der Waals surface area contributed by atoms with Gasteiger partial charge in [0.2, 0.25) is 0 Å². The fourth-order valence-corrected chi connectivity index (χ4v) is 1.53. The smallest absolute Gasteiger partial charge is 0.359 e. The summed E-state index contributed by atoms with van der Waals surface area (Å²) in [6, 6.07) is 0. The van der Waals surface area contributed by atoms with E-state index in [1.165, 1.54) is 0 Å². The Hall–Kier alpha value is -1.73. The van der Waals surface area contributed by atoms with Gasteiger partial charge in [-0.15, -0.1) is 0 Å². The molecular weight excluding hydrogens is 300 g/mol. The number of nitrogens with zero attached hydrogens (tertiary/aromatic N) is 2. The van der Waals surface area contributed by atoms with Gasteiger partial charge >= 0.3 is 11.9 Å². The van der Waals surface area contributed by atoms with Gasteiger partial charge in [-0.2, -0.15) is 0 Å². The molecule has 134 valence electrons. The van der Waals surface area contributed by atoms with E-state index in [4.69, 9.17) is 10.2 Å². The van der Waals surface area contributed by atoms with E-state index in [0.29, 0.717) is 34.0 Å². The minimum Gasteiger partial charge on any atom is -0.481 e. The topological polar surface area (TPSA) is 91.7 Å². The molecule has 0 saturated heterocycles. The maximum atomic E-state index is 11.3. The number of carboxylic acid groups (broad SMARTS) is 2. The van der Waals surface area contributed by atoms with E-state index in [9.17, 15) is 14.4 Å². The van der Waals surface area contributed by atoms with Gasteiger partial charge in [-0.05, 0) is 12.5 Å². The molecule has 0 amide bonds. The van der Waals surface area contributed by atoms with Crippen LogP contribution in [0.1, 0.15) is 19.8 Å². The largest absolute Gasteiger partial charge is 0.481 e. The van der Waals surface area contributed by atoms with Crippen LogP contribution in [-0.2, 0) is 14.4 Å². The minimum absolute atomic E-state index is 0.0523. The third kappa shape index (κ3) is 18.2. The summed E-state index contributed by atoms with van der Waals surface area (Å²) >= 11 is 0. The van der Waals surface area contributed by atoms with Crippen LogP contribution in [0.15, 0.2) is 12.2 Å². The zero-order valence-corrected chi connectivity index (χ0v) is 15.3. The first kappa shape index (κ1) is 23.5. The highest BCUT2D eigenvalue weighted by Crippen LogP contribution is 2.04. The average molecular weight is 332 g/mol. The molecule has 7 nitrogen and oxygen atoms in total. The Kier molecular flexibility index (Phi) is 10.4. The van der Waals surface area contributed by atoms with Gasteiger partial charge in [-0.25, -0.2) is 4.79 Å². The predicted octanol–water partition coefficient (Wildman–Crippen LogP) is 0.850. The highest BCUT2D eigenvalue weighted by atomic mass is 16.4. The van der Waals surface area contributed by atoms with Crippen molar-refractivity contribution in [3.8, 4) is 0 Å². The molecule has 0 spiro atoms. The Bertz CT molecular complexity index is 436. The van der Waals surface area contributed by atoms with E-state index in [1.54, 1.807) is 6.92 Å². The SMILES string of the molecule is C=C(C)C(=O)CC[N+](C)(C)CCC(=O)O.C[N+](C)(C)CC(=O)O. The number of ketones is 1. The second-order valence-electron chi connectivity index (χ2n) is 7.32. The number of carboxylic acids is 2. The number of hydrogen-bond acceptors (Lipinski definition) is 3. The molecule has 0 aromatic heterocycles. The standard InChI is InChI=1S/C11H19NO3.C5H11NO2/c1-9(2)10(13)5-7-12(3,4)8-6-11(14)15;1-6(2,3)4-5(7)8/h1,5-8H2,2-4H3;4H2,1-3H3/p+2. The van der Waals surface area contributed by atoms with Crippen molar-refractivity contribution >= 4 is 17.7 Å². The van der Waals surface area contributed by atoms with Crippen molar-refractivity contribution in [2.45, 2.75) is 19.8 Å². The third-order valence-corrected chi connectivity index (χ3v) is 2.96. The van der Waals surface area contributed by atoms with Gasteiger partial charge in [0, 0.05) is 0 Å². The van der Waals surface area contributed by atoms with Crippen molar-refractivity contribution in [1.82, 2.24) is 0 Å². The van der Waals surface area contributed by atoms with Crippen LogP contribution in [0.5, 0.6) is 0 Å². The molecule has 23 heavy (non-hydrogen) atoms. The molecule has 7 heteroatoms. The Balaban J connectivity index is 0. The summed E-state index contributed by atoms with van der Waals surface area (Å²) in [7, 11) is 9.37. The predicted molar refractivity (Wildman–Crippen MR) is 89.1 cm³/mol. The summed E-state index contributed by atoms with van der Waals surface area (Å²) in [6.45, 7) is 6.65. The molecule has 0 aliphatic heterocycles. The number of allylic oxidation sites excluding steroid dienone is 1. The molecule has 0 aliphatic carbocycles. The molecule has 2 N–H and O–H groups in total. The van der Waals surface area contributed by atoms with Crippen molar-refractivity contribution in [2.24, 2.45) is 0 Å². The molecule has 0 fully saturated rings. The highest BCUT2D eigenvalue weighted by Gasteiger charge is 2.18. The second kappa shape index (κ2) is 10.1. The number of carbonyl (C=O) groups is 3. The van der Waals surface area contributed by atoms with E-state index in [2.05, 4.69) is 6.58 Å². The number of hydrogen-bond donors (Lipinski definition) is 2. The molecule has 0 aromatic rings. The monoisotopic (exact) mass is 332 g/mol. The number of Topliss-reactive ketones (excluding diaryl/α,β-unsaturated/α-hetero) is 1. The fraction of sp³-hybridized carbons (Fsp3) is 0.688. The van der Waals surface area contributed by atoms with E-state index in [-0.39, 0.29) is 18.7 Å². The number of carbonyl (C=O) groups excluding carboxylic acids is 1. The molecule has 0 bridgehead atoms. The molecule has 0 rings (SSSR count). The first-order chi connectivity index (χ1) is 10.2. The van der Waals surface area contributed by atoms with Gasteiger partial charge in [0.25, 0.3) is 0 Å². The van der Waals surface area contributed by atoms with Crippen LogP contribution in [0, 0.1) is 0 Å². The molecule has 0 atom stereocenters. The van der Waals surface area contributed by atoms with Crippen molar-refractivity contribution in [2.75, 3.05) is 54.9 Å². The maximum absolute atomic E-state index is 11.3. The quantitative estimate of drug-likeness (QED) is 0.482. The van der Waals surface area contributed by atoms with Crippen LogP contribution in [0.4, 0.5) is 0 Å². The summed E-state index contributed by atoms with van der Waals surface area (Å²) in [5, 5.41) is 16.8. The Morgan fingerprint density at radius 3 is 1.57 bits per heavy atom. The maximum Gasteiger partial charge on any atom is 0.359 e. The zero-order chi connectivity index (χ0) is 18.8.